The smallest absolute Gasteiger partial charge is 0.241 e. The highest BCUT2D eigenvalue weighted by atomic mass is 35.5. The molecule has 0 unspecified atom stereocenters. The SMILES string of the molecule is Cc1c(Cl)cccc1S(=O)(=O)N[C@@H](CO)c1ccccc1. The molecule has 0 spiro atoms. The van der Waals surface area contributed by atoms with Gasteiger partial charge in [0, 0.05) is 5.02 Å². The minimum absolute atomic E-state index is 0.115. The number of nitrogens with one attached hydrogen (secondary N) is 1. The molecule has 0 amide bonds. The largest absolute Gasteiger partial charge is 0.394 e. The van der Waals surface area contributed by atoms with Gasteiger partial charge in [0.1, 0.15) is 0 Å². The number of benzene rings is 2. The van der Waals surface area contributed by atoms with Crippen molar-refractivity contribution >= 4 is 21.6 Å². The Morgan fingerprint density at radius 2 is 1.81 bits per heavy atom. The zero-order valence-electron chi connectivity index (χ0n) is 11.5. The van der Waals surface area contributed by atoms with Crippen LogP contribution in [-0.2, 0) is 10.0 Å². The molecule has 0 bridgehead atoms. The fourth-order valence-electron chi connectivity index (χ4n) is 2.03. The van der Waals surface area contributed by atoms with Crippen LogP contribution in [0.5, 0.6) is 0 Å². The van der Waals surface area contributed by atoms with Gasteiger partial charge in [-0.2, -0.15) is 0 Å². The van der Waals surface area contributed by atoms with Gasteiger partial charge in [0.05, 0.1) is 17.5 Å². The third kappa shape index (κ3) is 3.63. The van der Waals surface area contributed by atoms with Gasteiger partial charge in [0.15, 0.2) is 0 Å². The van der Waals surface area contributed by atoms with E-state index >= 15 is 0 Å². The van der Waals surface area contributed by atoms with Crippen molar-refractivity contribution in [3.05, 3.63) is 64.7 Å². The summed E-state index contributed by atoms with van der Waals surface area (Å²) < 4.78 is 27.4. The average Bonchev–Trinajstić information content (AvgIpc) is 2.48. The lowest BCUT2D eigenvalue weighted by Gasteiger charge is -2.18. The molecule has 0 fully saturated rings. The maximum Gasteiger partial charge on any atom is 0.241 e. The number of aliphatic hydroxyl groups excluding tert-OH is 1. The minimum Gasteiger partial charge on any atom is -0.394 e. The van der Waals surface area contributed by atoms with Crippen molar-refractivity contribution < 1.29 is 13.5 Å². The third-order valence-corrected chi connectivity index (χ3v) is 5.22. The first-order chi connectivity index (χ1) is 9.95. The second-order valence-electron chi connectivity index (χ2n) is 4.63. The van der Waals surface area contributed by atoms with E-state index in [9.17, 15) is 13.5 Å². The quantitative estimate of drug-likeness (QED) is 0.888. The molecule has 2 N–H and O–H groups in total. The predicted octanol–water partition coefficient (Wildman–Crippen LogP) is 2.66. The first-order valence-electron chi connectivity index (χ1n) is 6.39. The predicted molar refractivity (Wildman–Crippen MR) is 82.8 cm³/mol. The van der Waals surface area contributed by atoms with Gasteiger partial charge in [-0.3, -0.25) is 0 Å². The highest BCUT2D eigenvalue weighted by molar-refractivity contribution is 7.89. The Balaban J connectivity index is 2.34. The number of sulfonamides is 1. The first-order valence-corrected chi connectivity index (χ1v) is 8.25. The fourth-order valence-corrected chi connectivity index (χ4v) is 3.74. The van der Waals surface area contributed by atoms with Crippen LogP contribution in [0.15, 0.2) is 53.4 Å². The average molecular weight is 326 g/mol. The van der Waals surface area contributed by atoms with Gasteiger partial charge in [-0.25, -0.2) is 13.1 Å². The number of rotatable bonds is 5. The van der Waals surface area contributed by atoms with Gasteiger partial charge in [-0.1, -0.05) is 48.0 Å². The van der Waals surface area contributed by atoms with Crippen LogP contribution < -0.4 is 4.72 Å². The lowest BCUT2D eigenvalue weighted by molar-refractivity contribution is 0.259. The van der Waals surface area contributed by atoms with Crippen LogP contribution >= 0.6 is 11.6 Å². The minimum atomic E-state index is -3.77. The summed E-state index contributed by atoms with van der Waals surface area (Å²) in [5.74, 6) is 0. The Hall–Kier alpha value is -1.40. The van der Waals surface area contributed by atoms with Gasteiger partial charge in [-0.05, 0) is 30.2 Å². The van der Waals surface area contributed by atoms with Gasteiger partial charge in [-0.15, -0.1) is 0 Å². The number of aliphatic hydroxyl groups is 1. The van der Waals surface area contributed by atoms with E-state index in [1.54, 1.807) is 43.3 Å². The monoisotopic (exact) mass is 325 g/mol. The summed E-state index contributed by atoms with van der Waals surface area (Å²) in [6.07, 6.45) is 0. The van der Waals surface area contributed by atoms with E-state index in [4.69, 9.17) is 11.6 Å². The molecule has 0 heterocycles. The number of halogens is 1. The van der Waals surface area contributed by atoms with Gasteiger partial charge >= 0.3 is 0 Å². The molecule has 112 valence electrons. The molecule has 0 aliphatic heterocycles. The van der Waals surface area contributed by atoms with Crippen LogP contribution in [0.3, 0.4) is 0 Å². The Labute approximate surface area is 129 Å². The summed E-state index contributed by atoms with van der Waals surface area (Å²) in [5, 5.41) is 9.85. The van der Waals surface area contributed by atoms with E-state index in [1.165, 1.54) is 6.07 Å². The number of hydrogen-bond acceptors (Lipinski definition) is 3. The summed E-state index contributed by atoms with van der Waals surface area (Å²) in [6, 6.07) is 12.9. The van der Waals surface area contributed by atoms with E-state index in [1.807, 2.05) is 6.07 Å². The standard InChI is InChI=1S/C15H16ClNO3S/c1-11-13(16)8-5-9-15(11)21(19,20)17-14(10-18)12-6-3-2-4-7-12/h2-9,14,17-18H,10H2,1H3/t14-/m0/s1. The highest BCUT2D eigenvalue weighted by Gasteiger charge is 2.23. The fraction of sp³-hybridized carbons (Fsp3) is 0.200. The molecule has 4 nitrogen and oxygen atoms in total. The van der Waals surface area contributed by atoms with Crippen molar-refractivity contribution in [2.24, 2.45) is 0 Å². The summed E-state index contributed by atoms with van der Waals surface area (Å²) in [5.41, 5.74) is 1.18. The molecular weight excluding hydrogens is 310 g/mol. The molecule has 2 aromatic carbocycles. The molecule has 0 aliphatic rings. The van der Waals surface area contributed by atoms with Gasteiger partial charge < -0.3 is 5.11 Å². The van der Waals surface area contributed by atoms with Crippen molar-refractivity contribution in [2.75, 3.05) is 6.61 Å². The van der Waals surface area contributed by atoms with E-state index in [0.717, 1.165) is 0 Å². The van der Waals surface area contributed by atoms with Crippen molar-refractivity contribution in [3.63, 3.8) is 0 Å². The van der Waals surface area contributed by atoms with Crippen LogP contribution in [-0.4, -0.2) is 20.1 Å². The van der Waals surface area contributed by atoms with Gasteiger partial charge in [0.2, 0.25) is 10.0 Å². The van der Waals surface area contributed by atoms with E-state index in [0.29, 0.717) is 16.1 Å². The molecule has 1 atom stereocenters. The molecule has 0 saturated carbocycles. The maximum absolute atomic E-state index is 12.5. The number of hydrogen-bond donors (Lipinski definition) is 2. The second-order valence-corrected chi connectivity index (χ2v) is 6.72. The lowest BCUT2D eigenvalue weighted by Crippen LogP contribution is -2.31. The molecular formula is C15H16ClNO3S. The summed E-state index contributed by atoms with van der Waals surface area (Å²) >= 11 is 5.97. The van der Waals surface area contributed by atoms with Crippen LogP contribution in [0.1, 0.15) is 17.2 Å². The Morgan fingerprint density at radius 3 is 2.43 bits per heavy atom. The lowest BCUT2D eigenvalue weighted by atomic mass is 10.1. The molecule has 0 aromatic heterocycles. The molecule has 2 rings (SSSR count). The van der Waals surface area contributed by atoms with E-state index in [2.05, 4.69) is 4.72 Å². The molecule has 0 saturated heterocycles. The molecule has 0 radical (unpaired) electrons. The molecule has 6 heteroatoms. The molecule has 21 heavy (non-hydrogen) atoms. The topological polar surface area (TPSA) is 66.4 Å². The summed E-state index contributed by atoms with van der Waals surface area (Å²) in [4.78, 5) is 0.115. The van der Waals surface area contributed by atoms with Crippen molar-refractivity contribution in [1.82, 2.24) is 4.72 Å². The van der Waals surface area contributed by atoms with Crippen LogP contribution in [0.4, 0.5) is 0 Å². The normalized spacial score (nSPS) is 13.1. The Bertz CT molecular complexity index is 717. The Kier molecular flexibility index (Phi) is 5.00. The maximum atomic E-state index is 12.5. The summed E-state index contributed by atoms with van der Waals surface area (Å²) in [7, 11) is -3.77. The summed E-state index contributed by atoms with van der Waals surface area (Å²) in [6.45, 7) is 1.32. The zero-order valence-corrected chi connectivity index (χ0v) is 13.0. The van der Waals surface area contributed by atoms with Crippen molar-refractivity contribution in [3.8, 4) is 0 Å². The molecule has 2 aromatic rings. The van der Waals surface area contributed by atoms with Crippen molar-refractivity contribution in [2.45, 2.75) is 17.9 Å². The highest BCUT2D eigenvalue weighted by Crippen LogP contribution is 2.24. The Morgan fingerprint density at radius 1 is 1.14 bits per heavy atom. The third-order valence-electron chi connectivity index (χ3n) is 3.19. The van der Waals surface area contributed by atoms with Crippen LogP contribution in [0, 0.1) is 6.92 Å². The first kappa shape index (κ1) is 16.0. The van der Waals surface area contributed by atoms with Crippen molar-refractivity contribution in [1.29, 1.82) is 0 Å². The second kappa shape index (κ2) is 6.58. The van der Waals surface area contributed by atoms with Gasteiger partial charge in [0.25, 0.3) is 0 Å². The van der Waals surface area contributed by atoms with E-state index < -0.39 is 16.1 Å². The van der Waals surface area contributed by atoms with E-state index in [-0.39, 0.29) is 11.5 Å². The van der Waals surface area contributed by atoms with Crippen LogP contribution in [0.2, 0.25) is 5.02 Å². The zero-order chi connectivity index (χ0) is 15.5. The molecule has 0 aliphatic carbocycles. The van der Waals surface area contributed by atoms with Crippen LogP contribution in [0.25, 0.3) is 0 Å².